The normalized spacial score (nSPS) is 16.4. The van der Waals surface area contributed by atoms with Crippen molar-refractivity contribution < 1.29 is 23.1 Å². The summed E-state index contributed by atoms with van der Waals surface area (Å²) >= 11 is 0. The third kappa shape index (κ3) is 3.43. The van der Waals surface area contributed by atoms with Crippen LogP contribution < -0.4 is 0 Å². The largest absolute Gasteiger partial charge is 0.435 e. The molecule has 8 heteroatoms. The summed E-state index contributed by atoms with van der Waals surface area (Å²) in [6, 6.07) is 7.21. The summed E-state index contributed by atoms with van der Waals surface area (Å²) in [6.45, 7) is 0.925. The second-order valence-corrected chi connectivity index (χ2v) is 5.72. The van der Waals surface area contributed by atoms with Crippen molar-refractivity contribution in [3.05, 3.63) is 47.8 Å². The summed E-state index contributed by atoms with van der Waals surface area (Å²) in [6.07, 6.45) is -2.62. The Morgan fingerprint density at radius 3 is 2.54 bits per heavy atom. The highest BCUT2D eigenvalue weighted by Gasteiger charge is 2.33. The third-order valence-corrected chi connectivity index (χ3v) is 3.99. The molecule has 0 aliphatic carbocycles. The van der Waals surface area contributed by atoms with Gasteiger partial charge in [0.2, 0.25) is 0 Å². The Morgan fingerprint density at radius 1 is 1.21 bits per heavy atom. The summed E-state index contributed by atoms with van der Waals surface area (Å²) < 4.78 is 39.0. The van der Waals surface area contributed by atoms with Crippen molar-refractivity contribution in [2.75, 3.05) is 13.1 Å². The van der Waals surface area contributed by atoms with Gasteiger partial charge >= 0.3 is 6.18 Å². The van der Waals surface area contributed by atoms with Crippen molar-refractivity contribution in [2.45, 2.75) is 25.1 Å². The van der Waals surface area contributed by atoms with Crippen LogP contribution in [0.2, 0.25) is 0 Å². The molecular formula is C16H16F3N3O2. The van der Waals surface area contributed by atoms with E-state index in [1.807, 2.05) is 0 Å². The van der Waals surface area contributed by atoms with E-state index in [9.17, 15) is 23.1 Å². The average Bonchev–Trinajstić information content (AvgIpc) is 3.05. The number of carbonyl (C=O) groups excluding carboxylic acids is 1. The van der Waals surface area contributed by atoms with Gasteiger partial charge < -0.3 is 10.0 Å². The smallest absolute Gasteiger partial charge is 0.393 e. The first-order valence-electron chi connectivity index (χ1n) is 7.55. The van der Waals surface area contributed by atoms with Crippen LogP contribution in [0.15, 0.2) is 36.5 Å². The van der Waals surface area contributed by atoms with Crippen LogP contribution in [0, 0.1) is 0 Å². The van der Waals surface area contributed by atoms with Gasteiger partial charge in [-0.15, -0.1) is 0 Å². The highest BCUT2D eigenvalue weighted by Crippen LogP contribution is 2.28. The van der Waals surface area contributed by atoms with E-state index in [0.29, 0.717) is 37.2 Å². The number of aliphatic hydroxyl groups excluding tert-OH is 1. The van der Waals surface area contributed by atoms with E-state index >= 15 is 0 Å². The van der Waals surface area contributed by atoms with Gasteiger partial charge in [-0.25, -0.2) is 4.68 Å². The molecule has 3 rings (SSSR count). The van der Waals surface area contributed by atoms with Gasteiger partial charge in [0.05, 0.1) is 11.8 Å². The Hall–Kier alpha value is -2.35. The Kier molecular flexibility index (Phi) is 4.31. The van der Waals surface area contributed by atoms with E-state index in [1.165, 1.54) is 12.3 Å². The highest BCUT2D eigenvalue weighted by molar-refractivity contribution is 5.94. The molecule has 1 amide bonds. The third-order valence-electron chi connectivity index (χ3n) is 3.99. The fourth-order valence-corrected chi connectivity index (χ4v) is 2.65. The number of carbonyl (C=O) groups is 1. The number of alkyl halides is 3. The average molecular weight is 339 g/mol. The number of piperidine rings is 1. The van der Waals surface area contributed by atoms with Crippen molar-refractivity contribution in [1.29, 1.82) is 0 Å². The molecule has 1 aliphatic rings. The topological polar surface area (TPSA) is 58.4 Å². The number of amides is 1. The first kappa shape index (κ1) is 16.5. The van der Waals surface area contributed by atoms with Crippen LogP contribution in [-0.2, 0) is 6.18 Å². The molecule has 1 N–H and O–H groups in total. The molecule has 1 aliphatic heterocycles. The van der Waals surface area contributed by atoms with E-state index in [0.717, 1.165) is 10.7 Å². The van der Waals surface area contributed by atoms with Crippen LogP contribution in [0.3, 0.4) is 0 Å². The van der Waals surface area contributed by atoms with Gasteiger partial charge in [-0.3, -0.25) is 4.79 Å². The predicted molar refractivity (Wildman–Crippen MR) is 79.7 cm³/mol. The van der Waals surface area contributed by atoms with Crippen molar-refractivity contribution in [3.8, 4) is 5.69 Å². The number of halogens is 3. The Morgan fingerprint density at radius 2 is 1.92 bits per heavy atom. The molecule has 1 saturated heterocycles. The molecule has 0 bridgehead atoms. The number of benzene rings is 1. The highest BCUT2D eigenvalue weighted by atomic mass is 19.4. The molecule has 1 fully saturated rings. The van der Waals surface area contributed by atoms with Crippen molar-refractivity contribution in [2.24, 2.45) is 0 Å². The second kappa shape index (κ2) is 6.27. The van der Waals surface area contributed by atoms with Gasteiger partial charge in [0.1, 0.15) is 0 Å². The predicted octanol–water partition coefficient (Wildman–Crippen LogP) is 2.49. The van der Waals surface area contributed by atoms with Gasteiger partial charge in [-0.1, -0.05) is 6.07 Å². The maximum atomic E-state index is 12.6. The lowest BCUT2D eigenvalue weighted by Gasteiger charge is -2.29. The number of aliphatic hydroxyl groups is 1. The lowest BCUT2D eigenvalue weighted by Crippen LogP contribution is -2.40. The van der Waals surface area contributed by atoms with Gasteiger partial charge in [-0.05, 0) is 37.1 Å². The summed E-state index contributed by atoms with van der Waals surface area (Å²) in [5, 5.41) is 13.0. The fourth-order valence-electron chi connectivity index (χ4n) is 2.65. The number of nitrogens with zero attached hydrogens (tertiary/aromatic N) is 3. The Labute approximate surface area is 136 Å². The van der Waals surface area contributed by atoms with Gasteiger partial charge in [0.25, 0.3) is 5.91 Å². The maximum Gasteiger partial charge on any atom is 0.435 e. The zero-order valence-corrected chi connectivity index (χ0v) is 12.7. The van der Waals surface area contributed by atoms with Gasteiger partial charge in [0.15, 0.2) is 5.69 Å². The van der Waals surface area contributed by atoms with Crippen LogP contribution in [-0.4, -0.2) is 44.9 Å². The van der Waals surface area contributed by atoms with E-state index in [2.05, 4.69) is 5.10 Å². The monoisotopic (exact) mass is 339 g/mol. The molecule has 128 valence electrons. The van der Waals surface area contributed by atoms with Gasteiger partial charge in [-0.2, -0.15) is 18.3 Å². The zero-order chi connectivity index (χ0) is 17.3. The summed E-state index contributed by atoms with van der Waals surface area (Å²) in [5.74, 6) is -0.202. The lowest BCUT2D eigenvalue weighted by molar-refractivity contribution is -0.141. The van der Waals surface area contributed by atoms with E-state index < -0.39 is 11.9 Å². The molecule has 0 atom stereocenters. The van der Waals surface area contributed by atoms with Crippen LogP contribution >= 0.6 is 0 Å². The van der Waals surface area contributed by atoms with E-state index in [-0.39, 0.29) is 12.0 Å². The lowest BCUT2D eigenvalue weighted by atomic mass is 10.1. The summed E-state index contributed by atoms with van der Waals surface area (Å²) in [7, 11) is 0. The Balaban J connectivity index is 1.81. The molecule has 2 aromatic rings. The maximum absolute atomic E-state index is 12.6. The van der Waals surface area contributed by atoms with Crippen molar-refractivity contribution >= 4 is 5.91 Å². The number of likely N-dealkylation sites (tertiary alicyclic amines) is 1. The molecule has 0 spiro atoms. The van der Waals surface area contributed by atoms with Crippen LogP contribution in [0.25, 0.3) is 5.69 Å². The van der Waals surface area contributed by atoms with E-state index in [1.54, 1.807) is 23.1 Å². The Bertz CT molecular complexity index is 734. The summed E-state index contributed by atoms with van der Waals surface area (Å²) in [5.41, 5.74) is -0.217. The summed E-state index contributed by atoms with van der Waals surface area (Å²) in [4.78, 5) is 14.1. The molecule has 1 aromatic heterocycles. The number of aromatic nitrogens is 2. The molecule has 0 radical (unpaired) electrons. The standard InChI is InChI=1S/C16H16F3N3O2/c17-16(18,19)14-6-9-22(20-14)12-3-1-2-11(10-12)15(24)21-7-4-13(23)5-8-21/h1-3,6,9-10,13,23H,4-5,7-8H2. The first-order chi connectivity index (χ1) is 11.3. The van der Waals surface area contributed by atoms with Crippen molar-refractivity contribution in [1.82, 2.24) is 14.7 Å². The van der Waals surface area contributed by atoms with Crippen molar-refractivity contribution in [3.63, 3.8) is 0 Å². The van der Waals surface area contributed by atoms with Crippen LogP contribution in [0.4, 0.5) is 13.2 Å². The second-order valence-electron chi connectivity index (χ2n) is 5.72. The van der Waals surface area contributed by atoms with Crippen LogP contribution in [0.5, 0.6) is 0 Å². The van der Waals surface area contributed by atoms with E-state index in [4.69, 9.17) is 0 Å². The zero-order valence-electron chi connectivity index (χ0n) is 12.7. The molecule has 0 unspecified atom stereocenters. The molecule has 0 saturated carbocycles. The minimum Gasteiger partial charge on any atom is -0.393 e. The minimum atomic E-state index is -4.51. The number of hydrogen-bond acceptors (Lipinski definition) is 3. The first-order valence-corrected chi connectivity index (χ1v) is 7.55. The van der Waals surface area contributed by atoms with Crippen LogP contribution in [0.1, 0.15) is 28.9 Å². The fraction of sp³-hybridized carbons (Fsp3) is 0.375. The number of hydrogen-bond donors (Lipinski definition) is 1. The SMILES string of the molecule is O=C(c1cccc(-n2ccc(C(F)(F)F)n2)c1)N1CCC(O)CC1. The molecule has 2 heterocycles. The molecular weight excluding hydrogens is 323 g/mol. The molecule has 1 aromatic carbocycles. The van der Waals surface area contributed by atoms with Gasteiger partial charge in [0, 0.05) is 24.8 Å². The molecule has 24 heavy (non-hydrogen) atoms. The number of rotatable bonds is 2. The quantitative estimate of drug-likeness (QED) is 0.915. The minimum absolute atomic E-state index is 0.202. The molecule has 5 nitrogen and oxygen atoms in total.